The van der Waals surface area contributed by atoms with Gasteiger partial charge in [0.15, 0.2) is 0 Å². The molecule has 1 heterocycles. The van der Waals surface area contributed by atoms with Crippen LogP contribution in [0.1, 0.15) is 40.6 Å². The minimum atomic E-state index is -0.484. The van der Waals surface area contributed by atoms with Gasteiger partial charge >= 0.3 is 5.97 Å². The van der Waals surface area contributed by atoms with Gasteiger partial charge in [-0.05, 0) is 47.7 Å². The van der Waals surface area contributed by atoms with Gasteiger partial charge in [-0.1, -0.05) is 54.9 Å². The van der Waals surface area contributed by atoms with Gasteiger partial charge in [0.1, 0.15) is 11.5 Å². The maximum atomic E-state index is 12.4. The van der Waals surface area contributed by atoms with Crippen LogP contribution in [0.5, 0.6) is 5.75 Å². The van der Waals surface area contributed by atoms with Gasteiger partial charge in [0.05, 0.1) is 17.0 Å². The van der Waals surface area contributed by atoms with Crippen molar-refractivity contribution < 1.29 is 14.4 Å². The largest absolute Gasteiger partial charge is 0.494 e. The SMILES string of the molecule is CCCCOc1ccc(C(=O)O/N=C(\Cc2ccccc2)c2cccs2)cc1. The summed E-state index contributed by atoms with van der Waals surface area (Å²) in [7, 11) is 0. The number of hydrogen-bond donors (Lipinski definition) is 0. The van der Waals surface area contributed by atoms with E-state index in [-0.39, 0.29) is 0 Å². The fourth-order valence-corrected chi connectivity index (χ4v) is 3.27. The lowest BCUT2D eigenvalue weighted by Crippen LogP contribution is -2.08. The van der Waals surface area contributed by atoms with Crippen LogP contribution in [0, 0.1) is 0 Å². The lowest BCUT2D eigenvalue weighted by atomic mass is 10.1. The van der Waals surface area contributed by atoms with Crippen LogP contribution in [0.3, 0.4) is 0 Å². The number of ether oxygens (including phenoxy) is 1. The van der Waals surface area contributed by atoms with Gasteiger partial charge in [0.25, 0.3) is 0 Å². The Kier molecular flexibility index (Phi) is 7.38. The Morgan fingerprint density at radius 3 is 2.46 bits per heavy atom. The Labute approximate surface area is 169 Å². The van der Waals surface area contributed by atoms with E-state index < -0.39 is 5.97 Å². The smallest absolute Gasteiger partial charge is 0.365 e. The summed E-state index contributed by atoms with van der Waals surface area (Å²) in [5, 5.41) is 6.15. The third-order valence-electron chi connectivity index (χ3n) is 4.12. The minimum absolute atomic E-state index is 0.442. The van der Waals surface area contributed by atoms with Crippen LogP contribution in [0.4, 0.5) is 0 Å². The number of carbonyl (C=O) groups is 1. The standard InChI is InChI=1S/C23H23NO3S/c1-2-3-15-26-20-13-11-19(12-14-20)23(25)27-24-21(22-10-7-16-28-22)17-18-8-5-4-6-9-18/h4-14,16H,2-3,15,17H2,1H3/b24-21+. The van der Waals surface area contributed by atoms with E-state index in [1.54, 1.807) is 35.6 Å². The molecule has 0 spiro atoms. The molecule has 3 aromatic rings. The van der Waals surface area contributed by atoms with Crippen LogP contribution in [0.25, 0.3) is 0 Å². The average Bonchev–Trinajstić information content (AvgIpc) is 3.27. The quantitative estimate of drug-likeness (QED) is 0.202. The Balaban J connectivity index is 1.67. The van der Waals surface area contributed by atoms with Crippen molar-refractivity contribution in [1.29, 1.82) is 0 Å². The van der Waals surface area contributed by atoms with Crippen molar-refractivity contribution in [1.82, 2.24) is 0 Å². The molecule has 0 atom stereocenters. The van der Waals surface area contributed by atoms with Crippen LogP contribution >= 0.6 is 11.3 Å². The lowest BCUT2D eigenvalue weighted by molar-refractivity contribution is 0.0516. The topological polar surface area (TPSA) is 47.9 Å². The zero-order valence-electron chi connectivity index (χ0n) is 15.8. The molecule has 144 valence electrons. The van der Waals surface area contributed by atoms with E-state index in [9.17, 15) is 4.79 Å². The van der Waals surface area contributed by atoms with Gasteiger partial charge in [-0.3, -0.25) is 0 Å². The van der Waals surface area contributed by atoms with E-state index in [0.29, 0.717) is 18.6 Å². The first-order valence-electron chi connectivity index (χ1n) is 9.35. The predicted molar refractivity (Wildman–Crippen MR) is 113 cm³/mol. The molecular formula is C23H23NO3S. The molecule has 3 rings (SSSR count). The molecule has 0 unspecified atom stereocenters. The molecule has 28 heavy (non-hydrogen) atoms. The Bertz CT molecular complexity index is 887. The number of carbonyl (C=O) groups excluding carboxylic acids is 1. The molecule has 0 radical (unpaired) electrons. The monoisotopic (exact) mass is 393 g/mol. The van der Waals surface area contributed by atoms with E-state index in [2.05, 4.69) is 12.1 Å². The molecule has 0 amide bonds. The highest BCUT2D eigenvalue weighted by molar-refractivity contribution is 7.12. The first-order valence-corrected chi connectivity index (χ1v) is 10.2. The molecule has 0 saturated heterocycles. The normalized spacial score (nSPS) is 11.2. The maximum absolute atomic E-state index is 12.4. The van der Waals surface area contributed by atoms with Gasteiger partial charge in [0, 0.05) is 6.42 Å². The Morgan fingerprint density at radius 2 is 1.79 bits per heavy atom. The summed E-state index contributed by atoms with van der Waals surface area (Å²) in [4.78, 5) is 18.6. The van der Waals surface area contributed by atoms with Crippen molar-refractivity contribution in [2.24, 2.45) is 5.16 Å². The van der Waals surface area contributed by atoms with Crippen molar-refractivity contribution in [2.75, 3.05) is 6.61 Å². The molecule has 0 saturated carbocycles. The summed E-state index contributed by atoms with van der Waals surface area (Å²) in [5.41, 5.74) is 2.28. The van der Waals surface area contributed by atoms with Crippen molar-refractivity contribution in [3.05, 3.63) is 88.1 Å². The molecule has 2 aromatic carbocycles. The second-order valence-corrected chi connectivity index (χ2v) is 7.23. The molecule has 0 N–H and O–H groups in total. The van der Waals surface area contributed by atoms with E-state index in [0.717, 1.165) is 34.7 Å². The van der Waals surface area contributed by atoms with Crippen molar-refractivity contribution >= 4 is 23.0 Å². The van der Waals surface area contributed by atoms with Crippen LogP contribution in [-0.2, 0) is 11.3 Å². The molecule has 0 bridgehead atoms. The van der Waals surface area contributed by atoms with Crippen LogP contribution in [-0.4, -0.2) is 18.3 Å². The molecule has 0 aliphatic carbocycles. The maximum Gasteiger partial charge on any atom is 0.365 e. The number of benzene rings is 2. The first-order chi connectivity index (χ1) is 13.8. The lowest BCUT2D eigenvalue weighted by Gasteiger charge is -2.06. The summed E-state index contributed by atoms with van der Waals surface area (Å²) in [6.45, 7) is 2.79. The number of oxime groups is 1. The molecule has 5 heteroatoms. The van der Waals surface area contributed by atoms with Gasteiger partial charge < -0.3 is 9.57 Å². The van der Waals surface area contributed by atoms with Gasteiger partial charge in [-0.2, -0.15) is 0 Å². The van der Waals surface area contributed by atoms with Crippen molar-refractivity contribution in [3.63, 3.8) is 0 Å². The summed E-state index contributed by atoms with van der Waals surface area (Å²) in [5.74, 6) is 0.263. The summed E-state index contributed by atoms with van der Waals surface area (Å²) >= 11 is 1.57. The van der Waals surface area contributed by atoms with Crippen LogP contribution < -0.4 is 4.74 Å². The number of unbranched alkanes of at least 4 members (excludes halogenated alkanes) is 1. The second kappa shape index (κ2) is 10.4. The Morgan fingerprint density at radius 1 is 1.00 bits per heavy atom. The number of thiophene rings is 1. The first kappa shape index (κ1) is 19.8. The van der Waals surface area contributed by atoms with Gasteiger partial charge in [-0.15, -0.1) is 11.3 Å². The van der Waals surface area contributed by atoms with E-state index in [4.69, 9.17) is 9.57 Å². The average molecular weight is 394 g/mol. The third-order valence-corrected chi connectivity index (χ3v) is 5.03. The number of rotatable bonds is 9. The van der Waals surface area contributed by atoms with Gasteiger partial charge in [-0.25, -0.2) is 4.79 Å². The fourth-order valence-electron chi connectivity index (χ4n) is 2.57. The van der Waals surface area contributed by atoms with E-state index in [1.807, 2.05) is 47.8 Å². The minimum Gasteiger partial charge on any atom is -0.494 e. The highest BCUT2D eigenvalue weighted by Gasteiger charge is 2.11. The summed E-state index contributed by atoms with van der Waals surface area (Å²) in [6.07, 6.45) is 2.68. The number of nitrogens with zero attached hydrogens (tertiary/aromatic N) is 1. The fraction of sp³-hybridized carbons (Fsp3) is 0.217. The van der Waals surface area contributed by atoms with Crippen LogP contribution in [0.15, 0.2) is 77.3 Å². The van der Waals surface area contributed by atoms with Crippen molar-refractivity contribution in [3.8, 4) is 5.75 Å². The molecule has 0 aliphatic heterocycles. The second-order valence-electron chi connectivity index (χ2n) is 6.28. The van der Waals surface area contributed by atoms with Crippen molar-refractivity contribution in [2.45, 2.75) is 26.2 Å². The summed E-state index contributed by atoms with van der Waals surface area (Å²) in [6, 6.07) is 20.9. The van der Waals surface area contributed by atoms with E-state index in [1.165, 1.54) is 0 Å². The Hall–Kier alpha value is -2.92. The van der Waals surface area contributed by atoms with E-state index >= 15 is 0 Å². The van der Waals surface area contributed by atoms with Crippen LogP contribution in [0.2, 0.25) is 0 Å². The highest BCUT2D eigenvalue weighted by Crippen LogP contribution is 2.16. The third kappa shape index (κ3) is 5.79. The molecule has 0 fully saturated rings. The zero-order chi connectivity index (χ0) is 19.6. The highest BCUT2D eigenvalue weighted by atomic mass is 32.1. The predicted octanol–water partition coefficient (Wildman–Crippen LogP) is 5.73. The number of hydrogen-bond acceptors (Lipinski definition) is 5. The molecule has 4 nitrogen and oxygen atoms in total. The zero-order valence-corrected chi connectivity index (χ0v) is 16.7. The molecule has 1 aromatic heterocycles. The molecular weight excluding hydrogens is 370 g/mol. The van der Waals surface area contributed by atoms with Gasteiger partial charge in [0.2, 0.25) is 0 Å². The molecule has 0 aliphatic rings. The summed E-state index contributed by atoms with van der Waals surface area (Å²) < 4.78 is 5.62.